The van der Waals surface area contributed by atoms with Crippen molar-refractivity contribution in [3.05, 3.63) is 69.7 Å². The van der Waals surface area contributed by atoms with Crippen molar-refractivity contribution >= 4 is 41.3 Å². The average Bonchev–Trinajstić information content (AvgIpc) is 3.13. The van der Waals surface area contributed by atoms with Crippen molar-refractivity contribution in [2.75, 3.05) is 5.01 Å². The SMILES string of the molecule is CCC1N=CNN1c1ccc(/C=C/C(O)(c2cc(Cl)cc(Cl)c2)C(F)(F)F)cc1. The van der Waals surface area contributed by atoms with Gasteiger partial charge in [0.1, 0.15) is 12.5 Å². The van der Waals surface area contributed by atoms with Crippen LogP contribution in [0.25, 0.3) is 6.08 Å². The predicted molar refractivity (Wildman–Crippen MR) is 110 cm³/mol. The molecule has 2 aromatic carbocycles. The Hall–Kier alpha value is -2.22. The van der Waals surface area contributed by atoms with Crippen LogP contribution in [0.1, 0.15) is 24.5 Å². The number of halogens is 5. The molecule has 0 saturated carbocycles. The number of aliphatic imine (C=N–C) groups is 1. The molecular weight excluding hydrogens is 426 g/mol. The minimum Gasteiger partial charge on any atom is -0.373 e. The molecule has 1 aliphatic heterocycles. The number of alkyl halides is 3. The fourth-order valence-electron chi connectivity index (χ4n) is 2.96. The zero-order chi connectivity index (χ0) is 21.2. The Morgan fingerprint density at radius 2 is 1.76 bits per heavy atom. The Balaban J connectivity index is 1.88. The summed E-state index contributed by atoms with van der Waals surface area (Å²) in [5.41, 5.74) is 0.617. The highest BCUT2D eigenvalue weighted by Gasteiger charge is 2.53. The number of hydrogen-bond donors (Lipinski definition) is 2. The standard InChI is InChI=1S/C20H18Cl2F3N3O/c1-2-18-26-12-27-28(18)17-5-3-13(4-6-17)7-8-19(29,20(23,24)25)14-9-15(21)11-16(22)10-14/h3-12,18,29H,2H2,1H3,(H,26,27)/b8-7+. The monoisotopic (exact) mass is 443 g/mol. The molecular formula is C20H18Cl2F3N3O. The highest BCUT2D eigenvalue weighted by molar-refractivity contribution is 6.34. The van der Waals surface area contributed by atoms with Gasteiger partial charge in [0.15, 0.2) is 0 Å². The Morgan fingerprint density at radius 1 is 1.14 bits per heavy atom. The summed E-state index contributed by atoms with van der Waals surface area (Å²) in [5, 5.41) is 12.3. The minimum atomic E-state index is -4.97. The minimum absolute atomic E-state index is 0.00117. The molecule has 1 heterocycles. The van der Waals surface area contributed by atoms with Crippen molar-refractivity contribution in [1.29, 1.82) is 0 Å². The topological polar surface area (TPSA) is 47.9 Å². The van der Waals surface area contributed by atoms with Crippen LogP contribution in [0, 0.1) is 0 Å². The Bertz CT molecular complexity index is 911. The van der Waals surface area contributed by atoms with Crippen LogP contribution in [-0.4, -0.2) is 23.8 Å². The van der Waals surface area contributed by atoms with Crippen LogP contribution in [-0.2, 0) is 5.60 Å². The molecule has 9 heteroatoms. The fourth-order valence-corrected chi connectivity index (χ4v) is 3.49. The molecule has 2 atom stereocenters. The maximum absolute atomic E-state index is 13.7. The van der Waals surface area contributed by atoms with Crippen LogP contribution in [0.4, 0.5) is 18.9 Å². The molecule has 29 heavy (non-hydrogen) atoms. The van der Waals surface area contributed by atoms with E-state index < -0.39 is 17.3 Å². The van der Waals surface area contributed by atoms with E-state index in [1.165, 1.54) is 12.1 Å². The van der Waals surface area contributed by atoms with Gasteiger partial charge in [-0.15, -0.1) is 0 Å². The summed E-state index contributed by atoms with van der Waals surface area (Å²) in [7, 11) is 0. The first kappa shape index (κ1) is 21.5. The summed E-state index contributed by atoms with van der Waals surface area (Å²) in [5.74, 6) is 0. The van der Waals surface area contributed by atoms with Gasteiger partial charge in [0.2, 0.25) is 5.60 Å². The Labute approximate surface area is 176 Å². The largest absolute Gasteiger partial charge is 0.425 e. The number of aliphatic hydroxyl groups is 1. The second-order valence-electron chi connectivity index (χ2n) is 6.51. The second kappa shape index (κ2) is 8.26. The van der Waals surface area contributed by atoms with Gasteiger partial charge in [-0.25, -0.2) is 4.99 Å². The van der Waals surface area contributed by atoms with E-state index in [1.54, 1.807) is 30.6 Å². The molecule has 2 unspecified atom stereocenters. The van der Waals surface area contributed by atoms with Gasteiger partial charge in [0, 0.05) is 10.0 Å². The Morgan fingerprint density at radius 3 is 2.31 bits per heavy atom. The van der Waals surface area contributed by atoms with E-state index in [4.69, 9.17) is 23.2 Å². The van der Waals surface area contributed by atoms with Gasteiger partial charge in [0.25, 0.3) is 0 Å². The van der Waals surface area contributed by atoms with E-state index >= 15 is 0 Å². The van der Waals surface area contributed by atoms with Gasteiger partial charge in [-0.3, -0.25) is 10.4 Å². The molecule has 2 aromatic rings. The van der Waals surface area contributed by atoms with Gasteiger partial charge in [-0.2, -0.15) is 13.2 Å². The van der Waals surface area contributed by atoms with Gasteiger partial charge in [-0.05, 0) is 54.0 Å². The number of hydrazine groups is 1. The van der Waals surface area contributed by atoms with E-state index in [9.17, 15) is 18.3 Å². The highest BCUT2D eigenvalue weighted by Crippen LogP contribution is 2.42. The van der Waals surface area contributed by atoms with Crippen molar-refractivity contribution in [2.45, 2.75) is 31.3 Å². The number of nitrogens with zero attached hydrogens (tertiary/aromatic N) is 2. The van der Waals surface area contributed by atoms with Gasteiger partial charge in [-0.1, -0.05) is 48.3 Å². The molecule has 0 fully saturated rings. The third-order valence-corrected chi connectivity index (χ3v) is 4.97. The first-order valence-corrected chi connectivity index (χ1v) is 9.51. The summed E-state index contributed by atoms with van der Waals surface area (Å²) in [6.07, 6.45) is -0.719. The van der Waals surface area contributed by atoms with Crippen molar-refractivity contribution in [3.63, 3.8) is 0 Å². The zero-order valence-electron chi connectivity index (χ0n) is 15.3. The third kappa shape index (κ3) is 4.52. The lowest BCUT2D eigenvalue weighted by atomic mass is 9.92. The van der Waals surface area contributed by atoms with Crippen LogP contribution in [0.15, 0.2) is 53.5 Å². The normalized spacial score (nSPS) is 18.9. The van der Waals surface area contributed by atoms with Crippen molar-refractivity contribution in [1.82, 2.24) is 5.43 Å². The Kier molecular flexibility index (Phi) is 6.12. The molecule has 0 saturated heterocycles. The first-order chi connectivity index (χ1) is 13.6. The lowest BCUT2D eigenvalue weighted by Crippen LogP contribution is -2.40. The molecule has 0 radical (unpaired) electrons. The molecule has 0 amide bonds. The van der Waals surface area contributed by atoms with E-state index in [-0.39, 0.29) is 16.2 Å². The summed E-state index contributed by atoms with van der Waals surface area (Å²) in [4.78, 5) is 4.27. The predicted octanol–water partition coefficient (Wildman–Crippen LogP) is 5.55. The maximum atomic E-state index is 13.7. The van der Waals surface area contributed by atoms with Crippen LogP contribution >= 0.6 is 23.2 Å². The number of nitrogens with one attached hydrogen (secondary N) is 1. The summed E-state index contributed by atoms with van der Waals surface area (Å²) in [6, 6.07) is 10.2. The van der Waals surface area contributed by atoms with Crippen molar-refractivity contribution in [3.8, 4) is 0 Å². The van der Waals surface area contributed by atoms with Crippen LogP contribution in [0.2, 0.25) is 10.0 Å². The molecule has 0 aliphatic carbocycles. The van der Waals surface area contributed by atoms with E-state index in [2.05, 4.69) is 10.4 Å². The van der Waals surface area contributed by atoms with Crippen LogP contribution < -0.4 is 10.4 Å². The molecule has 0 aromatic heterocycles. The number of hydrogen-bond acceptors (Lipinski definition) is 4. The van der Waals surface area contributed by atoms with Gasteiger partial charge < -0.3 is 5.11 Å². The average molecular weight is 444 g/mol. The van der Waals surface area contributed by atoms with Gasteiger partial charge >= 0.3 is 6.18 Å². The fraction of sp³-hybridized carbons (Fsp3) is 0.250. The van der Waals surface area contributed by atoms with Crippen molar-refractivity contribution < 1.29 is 18.3 Å². The second-order valence-corrected chi connectivity index (χ2v) is 7.39. The first-order valence-electron chi connectivity index (χ1n) is 8.76. The quantitative estimate of drug-likeness (QED) is 0.636. The summed E-state index contributed by atoms with van der Waals surface area (Å²) < 4.78 is 41.1. The molecule has 1 aliphatic rings. The molecule has 0 bridgehead atoms. The lowest BCUT2D eigenvalue weighted by Gasteiger charge is -2.28. The number of benzene rings is 2. The number of anilines is 1. The molecule has 2 N–H and O–H groups in total. The maximum Gasteiger partial charge on any atom is 0.425 e. The highest BCUT2D eigenvalue weighted by atomic mass is 35.5. The number of rotatable bonds is 5. The van der Waals surface area contributed by atoms with Crippen LogP contribution in [0.3, 0.4) is 0 Å². The van der Waals surface area contributed by atoms with Crippen LogP contribution in [0.5, 0.6) is 0 Å². The van der Waals surface area contributed by atoms with Gasteiger partial charge in [0.05, 0.1) is 5.69 Å². The lowest BCUT2D eigenvalue weighted by molar-refractivity contribution is -0.244. The van der Waals surface area contributed by atoms with E-state index in [0.717, 1.165) is 24.2 Å². The molecule has 3 rings (SSSR count). The van der Waals surface area contributed by atoms with E-state index in [0.29, 0.717) is 11.6 Å². The molecule has 154 valence electrons. The summed E-state index contributed by atoms with van der Waals surface area (Å²) in [6.45, 7) is 2.00. The molecule has 4 nitrogen and oxygen atoms in total. The summed E-state index contributed by atoms with van der Waals surface area (Å²) >= 11 is 11.6. The zero-order valence-corrected chi connectivity index (χ0v) is 16.8. The van der Waals surface area contributed by atoms with Crippen molar-refractivity contribution in [2.24, 2.45) is 4.99 Å². The smallest absolute Gasteiger partial charge is 0.373 e. The van der Waals surface area contributed by atoms with E-state index in [1.807, 2.05) is 11.9 Å². The molecule has 0 spiro atoms. The third-order valence-electron chi connectivity index (χ3n) is 4.53.